The smallest absolute Gasteiger partial charge is 0.124 e. The van der Waals surface area contributed by atoms with Crippen LogP contribution in [-0.4, -0.2) is 6.10 Å². The Hall–Kier alpha value is -1.84. The van der Waals surface area contributed by atoms with Crippen molar-refractivity contribution >= 4 is 0 Å². The Labute approximate surface area is 114 Å². The van der Waals surface area contributed by atoms with E-state index in [1.54, 1.807) is 0 Å². The van der Waals surface area contributed by atoms with Gasteiger partial charge in [-0.3, -0.25) is 5.84 Å². The molecule has 0 heterocycles. The van der Waals surface area contributed by atoms with Crippen LogP contribution in [0.5, 0.6) is 5.75 Å². The van der Waals surface area contributed by atoms with E-state index in [1.807, 2.05) is 56.3 Å². The molecule has 0 saturated heterocycles. The van der Waals surface area contributed by atoms with Gasteiger partial charge < -0.3 is 4.74 Å². The minimum absolute atomic E-state index is 0.0730. The molecule has 0 saturated carbocycles. The van der Waals surface area contributed by atoms with Crippen LogP contribution in [0.4, 0.5) is 0 Å². The number of para-hydroxylation sites is 1. The molecule has 2 aromatic carbocycles. The highest BCUT2D eigenvalue weighted by Crippen LogP contribution is 2.29. The maximum absolute atomic E-state index is 5.85. The Morgan fingerprint density at radius 2 is 1.58 bits per heavy atom. The Morgan fingerprint density at radius 1 is 0.947 bits per heavy atom. The second kappa shape index (κ2) is 6.36. The molecule has 0 aromatic heterocycles. The van der Waals surface area contributed by atoms with Crippen LogP contribution in [0.15, 0.2) is 54.6 Å². The van der Waals surface area contributed by atoms with Gasteiger partial charge in [-0.2, -0.15) is 0 Å². The van der Waals surface area contributed by atoms with Crippen molar-refractivity contribution < 1.29 is 4.74 Å². The summed E-state index contributed by atoms with van der Waals surface area (Å²) < 4.78 is 5.85. The van der Waals surface area contributed by atoms with Crippen molar-refractivity contribution in [2.75, 3.05) is 0 Å². The number of benzene rings is 2. The summed E-state index contributed by atoms with van der Waals surface area (Å²) in [6.45, 7) is 4.04. The van der Waals surface area contributed by atoms with E-state index in [0.29, 0.717) is 0 Å². The van der Waals surface area contributed by atoms with Crippen LogP contribution < -0.4 is 16.0 Å². The number of ether oxygens (including phenoxy) is 1. The molecule has 0 aliphatic carbocycles. The standard InChI is InChI=1S/C16H20N2O/c1-12(2)19-15-11-7-6-10-14(15)16(18-17)13-8-4-3-5-9-13/h3-12,16,18H,17H2,1-2H3. The lowest BCUT2D eigenvalue weighted by Gasteiger charge is -2.21. The Bertz CT molecular complexity index is 511. The molecule has 0 aliphatic rings. The van der Waals surface area contributed by atoms with Crippen molar-refractivity contribution in [3.05, 3.63) is 65.7 Å². The monoisotopic (exact) mass is 256 g/mol. The number of hydrogen-bond acceptors (Lipinski definition) is 3. The first-order chi connectivity index (χ1) is 9.22. The highest BCUT2D eigenvalue weighted by Gasteiger charge is 2.16. The third kappa shape index (κ3) is 3.34. The van der Waals surface area contributed by atoms with Crippen LogP contribution >= 0.6 is 0 Å². The van der Waals surface area contributed by atoms with Crippen LogP contribution in [0.25, 0.3) is 0 Å². The maximum atomic E-state index is 5.85. The van der Waals surface area contributed by atoms with Crippen LogP contribution in [0.3, 0.4) is 0 Å². The van der Waals surface area contributed by atoms with Gasteiger partial charge in [0, 0.05) is 5.56 Å². The summed E-state index contributed by atoms with van der Waals surface area (Å²) in [5, 5.41) is 0. The van der Waals surface area contributed by atoms with Crippen LogP contribution in [-0.2, 0) is 0 Å². The summed E-state index contributed by atoms with van der Waals surface area (Å²) in [4.78, 5) is 0. The van der Waals surface area contributed by atoms with E-state index in [-0.39, 0.29) is 12.1 Å². The van der Waals surface area contributed by atoms with Gasteiger partial charge in [0.05, 0.1) is 12.1 Å². The van der Waals surface area contributed by atoms with Crippen LogP contribution in [0.1, 0.15) is 31.0 Å². The van der Waals surface area contributed by atoms with Gasteiger partial charge >= 0.3 is 0 Å². The molecule has 0 bridgehead atoms. The fourth-order valence-corrected chi connectivity index (χ4v) is 2.09. The molecule has 0 radical (unpaired) electrons. The zero-order valence-corrected chi connectivity index (χ0v) is 11.3. The lowest BCUT2D eigenvalue weighted by atomic mass is 9.98. The van der Waals surface area contributed by atoms with Crippen molar-refractivity contribution in [1.82, 2.24) is 5.43 Å². The second-order valence-corrected chi connectivity index (χ2v) is 4.71. The molecule has 1 atom stereocenters. The lowest BCUT2D eigenvalue weighted by Crippen LogP contribution is -2.29. The summed E-state index contributed by atoms with van der Waals surface area (Å²) in [6, 6.07) is 18.0. The fourth-order valence-electron chi connectivity index (χ4n) is 2.09. The van der Waals surface area contributed by atoms with E-state index in [1.165, 1.54) is 0 Å². The molecule has 19 heavy (non-hydrogen) atoms. The molecular weight excluding hydrogens is 236 g/mol. The van der Waals surface area contributed by atoms with Crippen molar-refractivity contribution in [2.24, 2.45) is 5.84 Å². The van der Waals surface area contributed by atoms with Crippen LogP contribution in [0.2, 0.25) is 0 Å². The SMILES string of the molecule is CC(C)Oc1ccccc1C(NN)c1ccccc1. The van der Waals surface area contributed by atoms with Crippen molar-refractivity contribution in [2.45, 2.75) is 26.0 Å². The van der Waals surface area contributed by atoms with E-state index in [4.69, 9.17) is 10.6 Å². The fraction of sp³-hybridized carbons (Fsp3) is 0.250. The van der Waals surface area contributed by atoms with E-state index < -0.39 is 0 Å². The number of rotatable bonds is 5. The average molecular weight is 256 g/mol. The minimum atomic E-state index is -0.0730. The van der Waals surface area contributed by atoms with E-state index >= 15 is 0 Å². The van der Waals surface area contributed by atoms with Gasteiger partial charge in [0.1, 0.15) is 5.75 Å². The van der Waals surface area contributed by atoms with Crippen molar-refractivity contribution in [3.63, 3.8) is 0 Å². The Morgan fingerprint density at radius 3 is 2.21 bits per heavy atom. The molecule has 100 valence electrons. The third-order valence-corrected chi connectivity index (χ3v) is 2.89. The summed E-state index contributed by atoms with van der Waals surface area (Å²) >= 11 is 0. The molecule has 0 aliphatic heterocycles. The number of nitrogens with two attached hydrogens (primary N) is 1. The number of hydrogen-bond donors (Lipinski definition) is 2. The highest BCUT2D eigenvalue weighted by molar-refractivity contribution is 5.41. The van der Waals surface area contributed by atoms with Crippen LogP contribution in [0, 0.1) is 0 Å². The predicted molar refractivity (Wildman–Crippen MR) is 77.8 cm³/mol. The van der Waals surface area contributed by atoms with Gasteiger partial charge in [0.25, 0.3) is 0 Å². The molecule has 0 amide bonds. The molecule has 3 heteroatoms. The molecular formula is C16H20N2O. The summed E-state index contributed by atoms with van der Waals surface area (Å²) in [6.07, 6.45) is 0.135. The van der Waals surface area contributed by atoms with E-state index in [0.717, 1.165) is 16.9 Å². The quantitative estimate of drug-likeness (QED) is 0.638. The molecule has 1 unspecified atom stereocenters. The molecule has 2 aromatic rings. The van der Waals surface area contributed by atoms with Gasteiger partial charge in [0.15, 0.2) is 0 Å². The Kier molecular flexibility index (Phi) is 4.55. The van der Waals surface area contributed by atoms with Gasteiger partial charge in [-0.15, -0.1) is 0 Å². The van der Waals surface area contributed by atoms with Gasteiger partial charge in [-0.25, -0.2) is 5.43 Å². The maximum Gasteiger partial charge on any atom is 0.124 e. The van der Waals surface area contributed by atoms with E-state index in [2.05, 4.69) is 17.6 Å². The molecule has 3 N–H and O–H groups in total. The zero-order chi connectivity index (χ0) is 13.7. The predicted octanol–water partition coefficient (Wildman–Crippen LogP) is 3.03. The zero-order valence-electron chi connectivity index (χ0n) is 11.3. The number of hydrazine groups is 1. The number of nitrogens with one attached hydrogen (secondary N) is 1. The highest BCUT2D eigenvalue weighted by atomic mass is 16.5. The summed E-state index contributed by atoms with van der Waals surface area (Å²) in [5.74, 6) is 6.60. The molecule has 2 rings (SSSR count). The average Bonchev–Trinajstić information content (AvgIpc) is 2.42. The van der Waals surface area contributed by atoms with Gasteiger partial charge in [-0.05, 0) is 25.5 Å². The first-order valence-electron chi connectivity index (χ1n) is 6.49. The lowest BCUT2D eigenvalue weighted by molar-refractivity contribution is 0.238. The first kappa shape index (κ1) is 13.6. The Balaban J connectivity index is 2.38. The van der Waals surface area contributed by atoms with Crippen molar-refractivity contribution in [3.8, 4) is 5.75 Å². The molecule has 0 spiro atoms. The minimum Gasteiger partial charge on any atom is -0.491 e. The molecule has 0 fully saturated rings. The first-order valence-corrected chi connectivity index (χ1v) is 6.49. The van der Waals surface area contributed by atoms with E-state index in [9.17, 15) is 0 Å². The summed E-state index contributed by atoms with van der Waals surface area (Å²) in [7, 11) is 0. The topological polar surface area (TPSA) is 47.3 Å². The van der Waals surface area contributed by atoms with Gasteiger partial charge in [-0.1, -0.05) is 48.5 Å². The third-order valence-electron chi connectivity index (χ3n) is 2.89. The normalized spacial score (nSPS) is 12.4. The summed E-state index contributed by atoms with van der Waals surface area (Å²) in [5.41, 5.74) is 5.03. The van der Waals surface area contributed by atoms with Crippen molar-refractivity contribution in [1.29, 1.82) is 0 Å². The van der Waals surface area contributed by atoms with Gasteiger partial charge in [0.2, 0.25) is 0 Å². The second-order valence-electron chi connectivity index (χ2n) is 4.71. The molecule has 3 nitrogen and oxygen atoms in total. The largest absolute Gasteiger partial charge is 0.491 e.